The maximum Gasteiger partial charge on any atom is 0.264 e. The summed E-state index contributed by atoms with van der Waals surface area (Å²) in [6.45, 7) is 2.43. The molecule has 0 saturated carbocycles. The lowest BCUT2D eigenvalue weighted by atomic mass is 10.1. The van der Waals surface area contributed by atoms with Crippen molar-refractivity contribution in [3.63, 3.8) is 0 Å². The molecule has 1 aliphatic rings. The summed E-state index contributed by atoms with van der Waals surface area (Å²) in [7, 11) is -3.99. The molecule has 1 N–H and O–H groups in total. The predicted molar refractivity (Wildman–Crippen MR) is 85.5 cm³/mol. The highest BCUT2D eigenvalue weighted by molar-refractivity contribution is 7.90. The van der Waals surface area contributed by atoms with Crippen LogP contribution in [0.3, 0.4) is 0 Å². The van der Waals surface area contributed by atoms with E-state index in [0.717, 1.165) is 19.3 Å². The van der Waals surface area contributed by atoms with Crippen molar-refractivity contribution < 1.29 is 22.7 Å². The molecule has 8 heteroatoms. The molecule has 0 bridgehead atoms. The van der Waals surface area contributed by atoms with Crippen LogP contribution in [-0.4, -0.2) is 39.7 Å². The first kappa shape index (κ1) is 18.4. The van der Waals surface area contributed by atoms with E-state index in [2.05, 4.69) is 0 Å². The van der Waals surface area contributed by atoms with Gasteiger partial charge in [0.1, 0.15) is 6.10 Å². The van der Waals surface area contributed by atoms with Crippen LogP contribution in [-0.2, 0) is 24.3 Å². The van der Waals surface area contributed by atoms with Gasteiger partial charge in [-0.15, -0.1) is 0 Å². The van der Waals surface area contributed by atoms with Crippen LogP contribution in [0.25, 0.3) is 0 Å². The van der Waals surface area contributed by atoms with Crippen LogP contribution < -0.4 is 4.72 Å². The number of amides is 1. The third-order valence-electron chi connectivity index (χ3n) is 3.70. The van der Waals surface area contributed by atoms with Gasteiger partial charge in [-0.1, -0.05) is 0 Å². The van der Waals surface area contributed by atoms with Gasteiger partial charge in [0.25, 0.3) is 15.9 Å². The number of rotatable bonds is 6. The quantitative estimate of drug-likeness (QED) is 0.828. The van der Waals surface area contributed by atoms with E-state index in [9.17, 15) is 13.2 Å². The van der Waals surface area contributed by atoms with E-state index in [4.69, 9.17) is 14.7 Å². The van der Waals surface area contributed by atoms with E-state index in [1.807, 2.05) is 10.8 Å². The summed E-state index contributed by atoms with van der Waals surface area (Å²) in [5.41, 5.74) is 0.337. The molecule has 130 valence electrons. The maximum absolute atomic E-state index is 12.2. The van der Waals surface area contributed by atoms with Gasteiger partial charge in [-0.05, 0) is 50.5 Å². The summed E-state index contributed by atoms with van der Waals surface area (Å²) in [4.78, 5) is 11.9. The molecule has 0 aliphatic carbocycles. The highest BCUT2D eigenvalue weighted by atomic mass is 32.2. The van der Waals surface area contributed by atoms with Crippen molar-refractivity contribution in [3.8, 4) is 6.07 Å². The molecule has 7 nitrogen and oxygen atoms in total. The van der Waals surface area contributed by atoms with Gasteiger partial charge in [-0.25, -0.2) is 13.1 Å². The number of nitrogens with zero attached hydrogens (tertiary/aromatic N) is 1. The van der Waals surface area contributed by atoms with Crippen LogP contribution in [0.4, 0.5) is 0 Å². The second-order valence-corrected chi connectivity index (χ2v) is 7.25. The van der Waals surface area contributed by atoms with Crippen LogP contribution in [0, 0.1) is 11.3 Å². The Morgan fingerprint density at radius 1 is 1.42 bits per heavy atom. The fourth-order valence-electron chi connectivity index (χ4n) is 2.25. The molecule has 0 unspecified atom stereocenters. The van der Waals surface area contributed by atoms with Gasteiger partial charge >= 0.3 is 0 Å². The summed E-state index contributed by atoms with van der Waals surface area (Å²) in [6, 6.07) is 7.19. The molecule has 0 aromatic heterocycles. The number of carbonyl (C=O) groups is 1. The Bertz CT molecular complexity index is 703. The number of benzene rings is 1. The maximum atomic E-state index is 12.2. The molecule has 1 aliphatic heterocycles. The van der Waals surface area contributed by atoms with Crippen LogP contribution in [0.5, 0.6) is 0 Å². The van der Waals surface area contributed by atoms with Gasteiger partial charge in [0, 0.05) is 6.61 Å². The zero-order valence-electron chi connectivity index (χ0n) is 13.4. The standard InChI is InChI=1S/C16H20N2O5S/c1-12(23-11-14-4-2-3-9-22-14)16(19)18-24(20,21)15-7-5-13(10-17)6-8-15/h5-8,12,14H,2-4,9,11H2,1H3,(H,18,19)/t12-,14+/m0/s1. The molecule has 1 heterocycles. The largest absolute Gasteiger partial charge is 0.376 e. The van der Waals surface area contributed by atoms with Gasteiger partial charge in [0.2, 0.25) is 0 Å². The minimum atomic E-state index is -3.99. The summed E-state index contributed by atoms with van der Waals surface area (Å²) in [5.74, 6) is -0.741. The van der Waals surface area contributed by atoms with Crippen molar-refractivity contribution in [1.82, 2.24) is 4.72 Å². The van der Waals surface area contributed by atoms with E-state index in [0.29, 0.717) is 12.2 Å². The molecule has 1 saturated heterocycles. The van der Waals surface area contributed by atoms with Gasteiger partial charge < -0.3 is 9.47 Å². The van der Waals surface area contributed by atoms with Crippen molar-refractivity contribution in [1.29, 1.82) is 5.26 Å². The lowest BCUT2D eigenvalue weighted by molar-refractivity contribution is -0.133. The normalized spacial score (nSPS) is 19.2. The number of ether oxygens (including phenoxy) is 2. The highest BCUT2D eigenvalue weighted by Crippen LogP contribution is 2.14. The van der Waals surface area contributed by atoms with Crippen molar-refractivity contribution >= 4 is 15.9 Å². The zero-order valence-corrected chi connectivity index (χ0v) is 14.2. The second kappa shape index (κ2) is 8.24. The van der Waals surface area contributed by atoms with Gasteiger partial charge in [0.05, 0.1) is 29.2 Å². The third kappa shape index (κ3) is 5.03. The SMILES string of the molecule is C[C@H](OC[C@H]1CCCCO1)C(=O)NS(=O)(=O)c1ccc(C#N)cc1. The number of nitrogens with one attached hydrogen (secondary N) is 1. The Labute approximate surface area is 141 Å². The first-order chi connectivity index (χ1) is 11.4. The summed E-state index contributed by atoms with van der Waals surface area (Å²) >= 11 is 0. The Morgan fingerprint density at radius 3 is 2.71 bits per heavy atom. The molecular formula is C16H20N2O5S. The first-order valence-electron chi connectivity index (χ1n) is 7.72. The zero-order chi connectivity index (χ0) is 17.6. The number of carbonyl (C=O) groups excluding carboxylic acids is 1. The average molecular weight is 352 g/mol. The number of sulfonamides is 1. The fourth-order valence-corrected chi connectivity index (χ4v) is 3.29. The number of hydrogen-bond donors (Lipinski definition) is 1. The molecule has 0 radical (unpaired) electrons. The van der Waals surface area contributed by atoms with E-state index in [1.54, 1.807) is 0 Å². The third-order valence-corrected chi connectivity index (χ3v) is 5.07. The molecular weight excluding hydrogens is 332 g/mol. The lowest BCUT2D eigenvalue weighted by Crippen LogP contribution is -2.40. The average Bonchev–Trinajstić information content (AvgIpc) is 2.60. The van der Waals surface area contributed by atoms with Crippen molar-refractivity contribution in [3.05, 3.63) is 29.8 Å². The van der Waals surface area contributed by atoms with Crippen LogP contribution in [0.15, 0.2) is 29.2 Å². The van der Waals surface area contributed by atoms with E-state index in [-0.39, 0.29) is 17.6 Å². The molecule has 24 heavy (non-hydrogen) atoms. The fraction of sp³-hybridized carbons (Fsp3) is 0.500. The highest BCUT2D eigenvalue weighted by Gasteiger charge is 2.23. The molecule has 0 spiro atoms. The predicted octanol–water partition coefficient (Wildman–Crippen LogP) is 1.34. The topological polar surface area (TPSA) is 105 Å². The monoisotopic (exact) mass is 352 g/mol. The van der Waals surface area contributed by atoms with Crippen LogP contribution in [0.2, 0.25) is 0 Å². The Morgan fingerprint density at radius 2 is 2.12 bits per heavy atom. The summed E-state index contributed by atoms with van der Waals surface area (Å²) < 4.78 is 37.2. The van der Waals surface area contributed by atoms with Gasteiger partial charge in [0.15, 0.2) is 0 Å². The van der Waals surface area contributed by atoms with Crippen molar-refractivity contribution in [2.45, 2.75) is 43.3 Å². The summed E-state index contributed by atoms with van der Waals surface area (Å²) in [5, 5.41) is 8.72. The number of nitriles is 1. The van der Waals surface area contributed by atoms with E-state index < -0.39 is 22.0 Å². The van der Waals surface area contributed by atoms with Crippen molar-refractivity contribution in [2.24, 2.45) is 0 Å². The molecule has 1 fully saturated rings. The minimum Gasteiger partial charge on any atom is -0.376 e. The first-order valence-corrected chi connectivity index (χ1v) is 9.21. The molecule has 2 atom stereocenters. The molecule has 1 aromatic carbocycles. The van der Waals surface area contributed by atoms with Gasteiger partial charge in [-0.3, -0.25) is 4.79 Å². The Balaban J connectivity index is 1.90. The van der Waals surface area contributed by atoms with E-state index >= 15 is 0 Å². The minimum absolute atomic E-state index is 0.0517. The Kier molecular flexibility index (Phi) is 6.31. The smallest absolute Gasteiger partial charge is 0.264 e. The second-order valence-electron chi connectivity index (χ2n) is 5.57. The van der Waals surface area contributed by atoms with E-state index in [1.165, 1.54) is 31.2 Å². The molecule has 2 rings (SSSR count). The Hall–Kier alpha value is -1.95. The van der Waals surface area contributed by atoms with Crippen LogP contribution in [0.1, 0.15) is 31.7 Å². The lowest BCUT2D eigenvalue weighted by Gasteiger charge is -2.23. The molecule has 1 aromatic rings. The molecule has 1 amide bonds. The van der Waals surface area contributed by atoms with Gasteiger partial charge in [-0.2, -0.15) is 5.26 Å². The van der Waals surface area contributed by atoms with Crippen molar-refractivity contribution in [2.75, 3.05) is 13.2 Å². The summed E-state index contributed by atoms with van der Waals surface area (Å²) in [6.07, 6.45) is 1.99. The number of hydrogen-bond acceptors (Lipinski definition) is 6. The van der Waals surface area contributed by atoms with Crippen LogP contribution >= 0.6 is 0 Å².